The highest BCUT2D eigenvalue weighted by Gasteiger charge is 2.23. The quantitative estimate of drug-likeness (QED) is 0.283. The summed E-state index contributed by atoms with van der Waals surface area (Å²) in [6.45, 7) is -0.483. The monoisotopic (exact) mass is 534 g/mol. The van der Waals surface area contributed by atoms with Crippen LogP contribution in [0.3, 0.4) is 0 Å². The number of anilines is 1. The smallest absolute Gasteiger partial charge is 0.323 e. The van der Waals surface area contributed by atoms with Gasteiger partial charge in [-0.05, 0) is 12.1 Å². The van der Waals surface area contributed by atoms with Gasteiger partial charge in [-0.3, -0.25) is 29.2 Å². The summed E-state index contributed by atoms with van der Waals surface area (Å²) >= 11 is 0. The van der Waals surface area contributed by atoms with Crippen LogP contribution in [-0.4, -0.2) is 140 Å². The van der Waals surface area contributed by atoms with Crippen molar-refractivity contribution in [1.82, 2.24) is 19.6 Å². The molecule has 0 aromatic heterocycles. The summed E-state index contributed by atoms with van der Waals surface area (Å²) in [5.74, 6) is -5.64. The molecule has 0 saturated carbocycles. The standard InChI is InChI=1S/C24H35N5O9/c30-20(29(18-24(37)38)19-4-2-1-3-5-19)14-25-6-8-26(15-21(31)32)10-12-28(17-23(35)36)13-11-27(9-7-25)16-22(33)34/h1-5H,6-18H2,(H,31,32)(H,33,34)(H,35,36)(H,37,38)/p-3. The molecule has 2 rings (SSSR count). The molecule has 1 fully saturated rings. The van der Waals surface area contributed by atoms with Crippen LogP contribution in [0.5, 0.6) is 0 Å². The molecule has 14 heteroatoms. The lowest BCUT2D eigenvalue weighted by Crippen LogP contribution is -2.52. The van der Waals surface area contributed by atoms with Crippen LogP contribution in [0.4, 0.5) is 5.69 Å². The molecule has 0 aliphatic carbocycles. The Kier molecular flexibility index (Phi) is 12.6. The number of hydrogen-bond donors (Lipinski definition) is 1. The number of hydrogen-bond acceptors (Lipinski definition) is 12. The van der Waals surface area contributed by atoms with Crippen molar-refractivity contribution in [3.63, 3.8) is 0 Å². The number of carbonyl (C=O) groups is 5. The molecule has 0 radical (unpaired) electrons. The topological polar surface area (TPSA) is 191 Å². The number of carboxylic acids is 4. The number of carbonyl (C=O) groups excluding carboxylic acids is 4. The summed E-state index contributed by atoms with van der Waals surface area (Å²) in [4.78, 5) is 65.9. The van der Waals surface area contributed by atoms with Crippen LogP contribution in [0.2, 0.25) is 0 Å². The Balaban J connectivity index is 2.23. The summed E-state index contributed by atoms with van der Waals surface area (Å²) in [6, 6.07) is 8.30. The fraction of sp³-hybridized carbons (Fsp3) is 0.542. The Labute approximate surface area is 220 Å². The van der Waals surface area contributed by atoms with Crippen molar-refractivity contribution < 1.29 is 44.4 Å². The van der Waals surface area contributed by atoms with Crippen molar-refractivity contribution in [3.05, 3.63) is 30.3 Å². The second kappa shape index (κ2) is 15.6. The molecule has 1 amide bonds. The van der Waals surface area contributed by atoms with Gasteiger partial charge in [0.25, 0.3) is 0 Å². The summed E-state index contributed by atoms with van der Waals surface area (Å²) in [5.41, 5.74) is 0.402. The van der Waals surface area contributed by atoms with Gasteiger partial charge in [-0.2, -0.15) is 0 Å². The minimum absolute atomic E-state index is 0.179. The van der Waals surface area contributed by atoms with Crippen molar-refractivity contribution in [2.75, 3.05) is 90.0 Å². The normalized spacial score (nSPS) is 17.2. The molecule has 210 valence electrons. The molecule has 1 aliphatic heterocycles. The van der Waals surface area contributed by atoms with Gasteiger partial charge in [0.2, 0.25) is 5.91 Å². The molecule has 38 heavy (non-hydrogen) atoms. The van der Waals surface area contributed by atoms with Gasteiger partial charge in [-0.15, -0.1) is 0 Å². The van der Waals surface area contributed by atoms with E-state index in [1.165, 1.54) is 4.90 Å². The minimum atomic E-state index is -1.32. The van der Waals surface area contributed by atoms with Gasteiger partial charge in [0, 0.05) is 77.7 Å². The highest BCUT2D eigenvalue weighted by atomic mass is 16.4. The lowest BCUT2D eigenvalue weighted by Gasteiger charge is -2.35. The van der Waals surface area contributed by atoms with Gasteiger partial charge < -0.3 is 39.7 Å². The van der Waals surface area contributed by atoms with E-state index in [-0.39, 0.29) is 58.9 Å². The van der Waals surface area contributed by atoms with Crippen molar-refractivity contribution in [2.24, 2.45) is 0 Å². The summed E-state index contributed by atoms with van der Waals surface area (Å²) in [7, 11) is 0. The second-order valence-corrected chi connectivity index (χ2v) is 8.93. The molecule has 1 aliphatic rings. The largest absolute Gasteiger partial charge is 0.549 e. The Morgan fingerprint density at radius 2 is 0.974 bits per heavy atom. The molecular formula is C24H32N5O9-3. The van der Waals surface area contributed by atoms with E-state index in [0.717, 1.165) is 4.90 Å². The van der Waals surface area contributed by atoms with Gasteiger partial charge in [0.15, 0.2) is 0 Å². The predicted molar refractivity (Wildman–Crippen MR) is 127 cm³/mol. The van der Waals surface area contributed by atoms with Gasteiger partial charge in [0.1, 0.15) is 6.54 Å². The van der Waals surface area contributed by atoms with Crippen molar-refractivity contribution in [2.45, 2.75) is 0 Å². The van der Waals surface area contributed by atoms with Crippen molar-refractivity contribution in [1.29, 1.82) is 0 Å². The third-order valence-electron chi connectivity index (χ3n) is 6.01. The highest BCUT2D eigenvalue weighted by Crippen LogP contribution is 2.14. The van der Waals surface area contributed by atoms with E-state index in [4.69, 9.17) is 0 Å². The van der Waals surface area contributed by atoms with Gasteiger partial charge in [0.05, 0.1) is 24.5 Å². The van der Waals surface area contributed by atoms with Crippen molar-refractivity contribution >= 4 is 35.5 Å². The lowest BCUT2D eigenvalue weighted by atomic mass is 10.2. The van der Waals surface area contributed by atoms with Gasteiger partial charge >= 0.3 is 5.97 Å². The van der Waals surface area contributed by atoms with E-state index in [9.17, 15) is 44.4 Å². The van der Waals surface area contributed by atoms with E-state index < -0.39 is 56.0 Å². The molecule has 0 unspecified atom stereocenters. The van der Waals surface area contributed by atoms with E-state index in [2.05, 4.69) is 0 Å². The van der Waals surface area contributed by atoms with Crippen molar-refractivity contribution in [3.8, 4) is 0 Å². The zero-order chi connectivity index (χ0) is 28.1. The molecule has 1 N–H and O–H groups in total. The number of aliphatic carboxylic acids is 4. The van der Waals surface area contributed by atoms with Crippen LogP contribution in [-0.2, 0) is 24.0 Å². The maximum absolute atomic E-state index is 13.2. The zero-order valence-electron chi connectivity index (χ0n) is 21.0. The average Bonchev–Trinajstić information content (AvgIpc) is 2.83. The molecule has 0 spiro atoms. The first-order chi connectivity index (χ1) is 18.0. The number of nitrogens with zero attached hydrogens (tertiary/aromatic N) is 5. The first-order valence-corrected chi connectivity index (χ1v) is 12.1. The Morgan fingerprint density at radius 1 is 0.632 bits per heavy atom. The maximum Gasteiger partial charge on any atom is 0.323 e. The third kappa shape index (κ3) is 11.6. The molecule has 14 nitrogen and oxygen atoms in total. The Morgan fingerprint density at radius 3 is 1.29 bits per heavy atom. The van der Waals surface area contributed by atoms with Crippen LogP contribution >= 0.6 is 0 Å². The Hall–Kier alpha value is -3.59. The van der Waals surface area contributed by atoms with Crippen LogP contribution in [0.15, 0.2) is 30.3 Å². The number of para-hydroxylation sites is 1. The van der Waals surface area contributed by atoms with Crippen LogP contribution < -0.4 is 20.2 Å². The first-order valence-electron chi connectivity index (χ1n) is 12.1. The molecule has 0 atom stereocenters. The zero-order valence-corrected chi connectivity index (χ0v) is 21.0. The van der Waals surface area contributed by atoms with E-state index in [0.29, 0.717) is 5.69 Å². The van der Waals surface area contributed by atoms with E-state index in [1.54, 1.807) is 45.0 Å². The summed E-state index contributed by atoms with van der Waals surface area (Å²) < 4.78 is 0. The fourth-order valence-electron chi connectivity index (χ4n) is 4.10. The predicted octanol–water partition coefficient (Wildman–Crippen LogP) is -5.42. The maximum atomic E-state index is 13.2. The molecule has 1 aromatic rings. The number of carboxylic acid groups (broad SMARTS) is 4. The average molecular weight is 535 g/mol. The first kappa shape index (κ1) is 30.6. The fourth-order valence-corrected chi connectivity index (χ4v) is 4.10. The molecule has 1 aromatic carbocycles. The van der Waals surface area contributed by atoms with Gasteiger partial charge in [-0.1, -0.05) is 18.2 Å². The number of benzene rings is 1. The molecule has 0 bridgehead atoms. The van der Waals surface area contributed by atoms with E-state index in [1.807, 2.05) is 0 Å². The van der Waals surface area contributed by atoms with E-state index >= 15 is 0 Å². The van der Waals surface area contributed by atoms with Crippen LogP contribution in [0.25, 0.3) is 0 Å². The second-order valence-electron chi connectivity index (χ2n) is 8.93. The lowest BCUT2D eigenvalue weighted by molar-refractivity contribution is -0.308. The van der Waals surface area contributed by atoms with Crippen LogP contribution in [0.1, 0.15) is 0 Å². The molecule has 1 heterocycles. The molecular weight excluding hydrogens is 502 g/mol. The Bertz CT molecular complexity index is 930. The number of rotatable bonds is 11. The SMILES string of the molecule is O=C([O-])CN1CCN(CC(=O)[O-])CCN(CC(=O)N(CC(=O)O)c2ccccc2)CCN(CC(=O)[O-])CC1. The van der Waals surface area contributed by atoms with Crippen LogP contribution in [0, 0.1) is 0 Å². The summed E-state index contributed by atoms with van der Waals surface area (Å²) in [6.07, 6.45) is 0. The summed E-state index contributed by atoms with van der Waals surface area (Å²) in [5, 5.41) is 43.1. The highest BCUT2D eigenvalue weighted by molar-refractivity contribution is 5.98. The molecule has 1 saturated heterocycles. The minimum Gasteiger partial charge on any atom is -0.549 e. The number of amides is 1. The van der Waals surface area contributed by atoms with Gasteiger partial charge in [-0.25, -0.2) is 0 Å². The third-order valence-corrected chi connectivity index (χ3v) is 6.01.